The molecule has 0 atom stereocenters. The summed E-state index contributed by atoms with van der Waals surface area (Å²) in [7, 11) is 0. The van der Waals surface area contributed by atoms with E-state index < -0.39 is 5.97 Å². The minimum atomic E-state index is -1.40. The monoisotopic (exact) mass is 177 g/mol. The summed E-state index contributed by atoms with van der Waals surface area (Å²) in [5, 5.41) is 14.1. The summed E-state index contributed by atoms with van der Waals surface area (Å²) in [5.74, 6) is -1.48. The Hall–Kier alpha value is -1.98. The van der Waals surface area contributed by atoms with E-state index in [0.717, 1.165) is 5.69 Å². The number of carboxylic acid groups (broad SMARTS) is 1. The number of rotatable bonds is 1. The van der Waals surface area contributed by atoms with Gasteiger partial charge in [-0.15, -0.1) is 5.10 Å². The summed E-state index contributed by atoms with van der Waals surface area (Å²) in [5.41, 5.74) is 0.769. The van der Waals surface area contributed by atoms with Gasteiger partial charge in [-0.05, 0) is 13.0 Å². The van der Waals surface area contributed by atoms with Crippen molar-refractivity contribution in [1.82, 2.24) is 19.6 Å². The zero-order valence-corrected chi connectivity index (χ0v) is 6.76. The lowest BCUT2D eigenvalue weighted by Crippen LogP contribution is -2.23. The summed E-state index contributed by atoms with van der Waals surface area (Å²) in [6.45, 7) is 1.78. The maximum Gasteiger partial charge on any atom is 0.252 e. The van der Waals surface area contributed by atoms with Gasteiger partial charge in [0.1, 0.15) is 5.97 Å². The third-order valence-corrected chi connectivity index (χ3v) is 1.61. The first-order valence-corrected chi connectivity index (χ1v) is 3.58. The average molecular weight is 177 g/mol. The molecule has 0 aromatic carbocycles. The van der Waals surface area contributed by atoms with Gasteiger partial charge in [0, 0.05) is 11.9 Å². The third kappa shape index (κ3) is 1.12. The third-order valence-electron chi connectivity index (χ3n) is 1.61. The molecule has 0 spiro atoms. The van der Waals surface area contributed by atoms with E-state index in [1.165, 1.54) is 4.52 Å². The molecule has 2 rings (SSSR count). The van der Waals surface area contributed by atoms with Crippen molar-refractivity contribution in [2.75, 3.05) is 0 Å². The van der Waals surface area contributed by atoms with Crippen molar-refractivity contribution in [1.29, 1.82) is 0 Å². The summed E-state index contributed by atoms with van der Waals surface area (Å²) >= 11 is 0. The number of aryl methyl sites for hydroxylation is 1. The standard InChI is InChI=1S/C7H6N4O2/c1-4-2-3-8-7-9-5(6(12)13)10-11(4)7/h2-3H,1H3,(H,12,13)/p-1. The van der Waals surface area contributed by atoms with Crippen LogP contribution in [0.1, 0.15) is 16.3 Å². The van der Waals surface area contributed by atoms with Crippen LogP contribution in [0, 0.1) is 6.92 Å². The molecule has 0 aliphatic rings. The normalized spacial score (nSPS) is 10.5. The zero-order chi connectivity index (χ0) is 9.42. The van der Waals surface area contributed by atoms with Crippen LogP contribution in [0.3, 0.4) is 0 Å². The summed E-state index contributed by atoms with van der Waals surface area (Å²) < 4.78 is 1.35. The molecular formula is C7H5N4O2-. The molecule has 66 valence electrons. The molecule has 0 unspecified atom stereocenters. The van der Waals surface area contributed by atoms with E-state index in [4.69, 9.17) is 0 Å². The fourth-order valence-electron chi connectivity index (χ4n) is 0.993. The molecule has 0 radical (unpaired) electrons. The number of aromatic carboxylic acids is 1. The number of carbonyl (C=O) groups is 1. The lowest BCUT2D eigenvalue weighted by Gasteiger charge is -1.93. The Morgan fingerprint density at radius 3 is 3.00 bits per heavy atom. The fourth-order valence-corrected chi connectivity index (χ4v) is 0.993. The number of aromatic nitrogens is 4. The first-order chi connectivity index (χ1) is 6.18. The molecule has 0 N–H and O–H groups in total. The van der Waals surface area contributed by atoms with Crippen molar-refractivity contribution >= 4 is 11.7 Å². The van der Waals surface area contributed by atoms with E-state index in [2.05, 4.69) is 15.1 Å². The van der Waals surface area contributed by atoms with Crippen molar-refractivity contribution in [3.8, 4) is 0 Å². The number of carboxylic acids is 1. The Bertz CT molecular complexity index is 476. The van der Waals surface area contributed by atoms with Gasteiger partial charge in [0.05, 0.1) is 0 Å². The predicted octanol–water partition coefficient (Wildman–Crippen LogP) is -1.20. The maximum atomic E-state index is 10.4. The quantitative estimate of drug-likeness (QED) is 0.546. The number of hydrogen-bond donors (Lipinski definition) is 0. The number of hydrogen-bond acceptors (Lipinski definition) is 5. The van der Waals surface area contributed by atoms with Gasteiger partial charge in [0.15, 0.2) is 5.82 Å². The van der Waals surface area contributed by atoms with Gasteiger partial charge >= 0.3 is 0 Å². The van der Waals surface area contributed by atoms with Gasteiger partial charge in [-0.1, -0.05) is 0 Å². The van der Waals surface area contributed by atoms with E-state index in [1.54, 1.807) is 19.2 Å². The van der Waals surface area contributed by atoms with E-state index in [1.807, 2.05) is 0 Å². The first kappa shape index (κ1) is 7.66. The summed E-state index contributed by atoms with van der Waals surface area (Å²) in [6, 6.07) is 1.71. The number of nitrogens with zero attached hydrogens (tertiary/aromatic N) is 4. The lowest BCUT2D eigenvalue weighted by atomic mass is 10.5. The van der Waals surface area contributed by atoms with Crippen molar-refractivity contribution in [2.24, 2.45) is 0 Å². The molecular weight excluding hydrogens is 172 g/mol. The molecule has 0 amide bonds. The molecule has 2 aromatic rings. The van der Waals surface area contributed by atoms with Crippen molar-refractivity contribution in [3.63, 3.8) is 0 Å². The molecule has 2 heterocycles. The highest BCUT2D eigenvalue weighted by molar-refractivity contribution is 5.81. The van der Waals surface area contributed by atoms with Crippen LogP contribution in [0.5, 0.6) is 0 Å². The molecule has 0 saturated heterocycles. The molecule has 0 bridgehead atoms. The largest absolute Gasteiger partial charge is 0.541 e. The van der Waals surface area contributed by atoms with Crippen molar-refractivity contribution in [3.05, 3.63) is 23.8 Å². The van der Waals surface area contributed by atoms with Crippen LogP contribution < -0.4 is 5.11 Å². The molecule has 13 heavy (non-hydrogen) atoms. The lowest BCUT2D eigenvalue weighted by molar-refractivity contribution is -0.256. The van der Waals surface area contributed by atoms with Crippen LogP contribution in [-0.4, -0.2) is 25.6 Å². The highest BCUT2D eigenvalue weighted by Gasteiger charge is 2.05. The van der Waals surface area contributed by atoms with E-state index in [9.17, 15) is 9.90 Å². The maximum absolute atomic E-state index is 10.4. The second kappa shape index (κ2) is 2.51. The fraction of sp³-hybridized carbons (Fsp3) is 0.143. The Morgan fingerprint density at radius 2 is 2.38 bits per heavy atom. The van der Waals surface area contributed by atoms with Gasteiger partial charge in [-0.2, -0.15) is 4.98 Å². The first-order valence-electron chi connectivity index (χ1n) is 3.58. The summed E-state index contributed by atoms with van der Waals surface area (Å²) in [6.07, 6.45) is 1.54. The summed E-state index contributed by atoms with van der Waals surface area (Å²) in [4.78, 5) is 17.9. The second-order valence-corrected chi connectivity index (χ2v) is 2.52. The van der Waals surface area contributed by atoms with E-state index in [-0.39, 0.29) is 11.6 Å². The minimum Gasteiger partial charge on any atom is -0.541 e. The van der Waals surface area contributed by atoms with Gasteiger partial charge in [0.25, 0.3) is 5.78 Å². The van der Waals surface area contributed by atoms with Crippen LogP contribution in [0.25, 0.3) is 5.78 Å². The minimum absolute atomic E-state index is 0.263. The molecule has 2 aromatic heterocycles. The van der Waals surface area contributed by atoms with Crippen LogP contribution in [0.2, 0.25) is 0 Å². The van der Waals surface area contributed by atoms with Gasteiger partial charge < -0.3 is 9.90 Å². The van der Waals surface area contributed by atoms with Crippen LogP contribution in [0.4, 0.5) is 0 Å². The smallest absolute Gasteiger partial charge is 0.252 e. The van der Waals surface area contributed by atoms with Crippen molar-refractivity contribution < 1.29 is 9.90 Å². The van der Waals surface area contributed by atoms with Crippen LogP contribution in [0.15, 0.2) is 12.3 Å². The van der Waals surface area contributed by atoms with Crippen molar-refractivity contribution in [2.45, 2.75) is 6.92 Å². The average Bonchev–Trinajstić information content (AvgIpc) is 2.49. The molecule has 0 aliphatic heterocycles. The molecule has 0 fully saturated rings. The molecule has 6 heteroatoms. The highest BCUT2D eigenvalue weighted by atomic mass is 16.4. The predicted molar refractivity (Wildman–Crippen MR) is 39.8 cm³/mol. The second-order valence-electron chi connectivity index (χ2n) is 2.52. The molecule has 0 aliphatic carbocycles. The highest BCUT2D eigenvalue weighted by Crippen LogP contribution is 2.00. The Morgan fingerprint density at radius 1 is 1.62 bits per heavy atom. The molecule has 0 saturated carbocycles. The number of carbonyl (C=O) groups excluding carboxylic acids is 1. The Labute approximate surface area is 72.9 Å². The SMILES string of the molecule is Cc1ccnc2nc(C(=O)[O-])nn12. The van der Waals surface area contributed by atoms with E-state index >= 15 is 0 Å². The van der Waals surface area contributed by atoms with Gasteiger partial charge in [-0.3, -0.25) is 0 Å². The topological polar surface area (TPSA) is 83.2 Å². The Balaban J connectivity index is 2.75. The molecule has 6 nitrogen and oxygen atoms in total. The van der Waals surface area contributed by atoms with Crippen LogP contribution >= 0.6 is 0 Å². The zero-order valence-electron chi connectivity index (χ0n) is 6.76. The van der Waals surface area contributed by atoms with Crippen LogP contribution in [-0.2, 0) is 0 Å². The Kier molecular flexibility index (Phi) is 1.48. The number of fused-ring (bicyclic) bond motifs is 1. The van der Waals surface area contributed by atoms with Gasteiger partial charge in [-0.25, -0.2) is 9.50 Å². The van der Waals surface area contributed by atoms with E-state index in [0.29, 0.717) is 0 Å². The van der Waals surface area contributed by atoms with Gasteiger partial charge in [0.2, 0.25) is 0 Å².